The average Bonchev–Trinajstić information content (AvgIpc) is 2.52. The largest absolute Gasteiger partial charge is 0.486 e. The van der Waals surface area contributed by atoms with Crippen LogP contribution in [0.15, 0.2) is 54.6 Å². The zero-order valence-electron chi connectivity index (χ0n) is 11.4. The van der Waals surface area contributed by atoms with Gasteiger partial charge in [0.25, 0.3) is 0 Å². The third-order valence-electron chi connectivity index (χ3n) is 3.37. The van der Waals surface area contributed by atoms with Crippen molar-refractivity contribution in [1.29, 1.82) is 0 Å². The van der Waals surface area contributed by atoms with Crippen molar-refractivity contribution in [3.8, 4) is 11.5 Å². The number of nitrogens with one attached hydrogen (secondary N) is 1. The summed E-state index contributed by atoms with van der Waals surface area (Å²) in [5.74, 6) is 1.68. The van der Waals surface area contributed by atoms with Crippen LogP contribution in [0.2, 0.25) is 0 Å². The molecule has 3 nitrogen and oxygen atoms in total. The van der Waals surface area contributed by atoms with Crippen LogP contribution in [0.4, 0.5) is 0 Å². The van der Waals surface area contributed by atoms with E-state index in [4.69, 9.17) is 9.47 Å². The first kappa shape index (κ1) is 13.0. The van der Waals surface area contributed by atoms with Gasteiger partial charge in [-0.1, -0.05) is 42.5 Å². The van der Waals surface area contributed by atoms with Crippen molar-refractivity contribution >= 4 is 0 Å². The van der Waals surface area contributed by atoms with Gasteiger partial charge in [0.1, 0.15) is 12.7 Å². The number of hydrogen-bond acceptors (Lipinski definition) is 3. The second-order valence-corrected chi connectivity index (χ2v) is 4.94. The fourth-order valence-corrected chi connectivity index (χ4v) is 2.30. The summed E-state index contributed by atoms with van der Waals surface area (Å²) in [7, 11) is 0. The summed E-state index contributed by atoms with van der Waals surface area (Å²) in [5.41, 5.74) is 1.35. The molecule has 0 aromatic heterocycles. The Balaban J connectivity index is 1.42. The van der Waals surface area contributed by atoms with Gasteiger partial charge in [0.15, 0.2) is 11.5 Å². The zero-order valence-corrected chi connectivity index (χ0v) is 11.4. The van der Waals surface area contributed by atoms with Gasteiger partial charge in [-0.3, -0.25) is 0 Å². The van der Waals surface area contributed by atoms with E-state index in [1.54, 1.807) is 0 Å². The summed E-state index contributed by atoms with van der Waals surface area (Å²) >= 11 is 0. The van der Waals surface area contributed by atoms with Gasteiger partial charge in [0, 0.05) is 6.54 Å². The molecule has 0 bridgehead atoms. The highest BCUT2D eigenvalue weighted by atomic mass is 16.6. The molecule has 0 saturated heterocycles. The first-order valence-corrected chi connectivity index (χ1v) is 7.05. The molecule has 1 aliphatic rings. The molecule has 2 aromatic rings. The molecule has 0 amide bonds. The Morgan fingerprint density at radius 1 is 0.950 bits per heavy atom. The maximum atomic E-state index is 5.90. The highest BCUT2D eigenvalue weighted by Gasteiger charge is 2.19. The maximum absolute atomic E-state index is 5.90. The molecule has 2 aromatic carbocycles. The van der Waals surface area contributed by atoms with Crippen LogP contribution in [0.1, 0.15) is 5.56 Å². The van der Waals surface area contributed by atoms with Crippen molar-refractivity contribution in [3.63, 3.8) is 0 Å². The van der Waals surface area contributed by atoms with Gasteiger partial charge in [-0.15, -0.1) is 0 Å². The van der Waals surface area contributed by atoms with E-state index in [1.807, 2.05) is 30.3 Å². The van der Waals surface area contributed by atoms with Gasteiger partial charge in [-0.05, 0) is 30.7 Å². The molecule has 0 saturated carbocycles. The molecule has 0 unspecified atom stereocenters. The summed E-state index contributed by atoms with van der Waals surface area (Å²) in [6.07, 6.45) is 1.12. The molecule has 0 spiro atoms. The first-order chi connectivity index (χ1) is 9.92. The van der Waals surface area contributed by atoms with Crippen molar-refractivity contribution in [2.45, 2.75) is 12.5 Å². The predicted molar refractivity (Wildman–Crippen MR) is 79.4 cm³/mol. The minimum absolute atomic E-state index is 0.0840. The Morgan fingerprint density at radius 3 is 2.55 bits per heavy atom. The fourth-order valence-electron chi connectivity index (χ4n) is 2.30. The van der Waals surface area contributed by atoms with Crippen molar-refractivity contribution in [2.24, 2.45) is 0 Å². The second kappa shape index (κ2) is 6.44. The second-order valence-electron chi connectivity index (χ2n) is 4.94. The minimum atomic E-state index is 0.0840. The Morgan fingerprint density at radius 2 is 1.70 bits per heavy atom. The van der Waals surface area contributed by atoms with Crippen LogP contribution in [0.3, 0.4) is 0 Å². The SMILES string of the molecule is c1ccc(CCNC[C@H]2COc3ccccc3O2)cc1. The summed E-state index contributed by atoms with van der Waals surface area (Å²) in [6.45, 7) is 2.36. The molecule has 0 radical (unpaired) electrons. The smallest absolute Gasteiger partial charge is 0.161 e. The fraction of sp³-hybridized carbons (Fsp3) is 0.294. The molecule has 3 rings (SSSR count). The molecular weight excluding hydrogens is 250 g/mol. The quantitative estimate of drug-likeness (QED) is 0.847. The van der Waals surface area contributed by atoms with E-state index in [-0.39, 0.29) is 6.10 Å². The van der Waals surface area contributed by atoms with Crippen LogP contribution in [0.5, 0.6) is 11.5 Å². The van der Waals surface area contributed by atoms with Crippen molar-refractivity contribution in [1.82, 2.24) is 5.32 Å². The monoisotopic (exact) mass is 269 g/mol. The van der Waals surface area contributed by atoms with E-state index < -0.39 is 0 Å². The topological polar surface area (TPSA) is 30.5 Å². The lowest BCUT2D eigenvalue weighted by molar-refractivity contribution is 0.0906. The van der Waals surface area contributed by atoms with E-state index in [0.717, 1.165) is 31.0 Å². The highest BCUT2D eigenvalue weighted by molar-refractivity contribution is 5.40. The summed E-state index contributed by atoms with van der Waals surface area (Å²) < 4.78 is 11.6. The number of fused-ring (bicyclic) bond motifs is 1. The summed E-state index contributed by atoms with van der Waals surface area (Å²) in [6, 6.07) is 18.3. The van der Waals surface area contributed by atoms with Crippen LogP contribution in [-0.2, 0) is 6.42 Å². The Bertz CT molecular complexity index is 542. The van der Waals surface area contributed by atoms with Crippen molar-refractivity contribution in [3.05, 3.63) is 60.2 Å². The molecule has 3 heteroatoms. The molecular formula is C17H19NO2. The number of hydrogen-bond donors (Lipinski definition) is 1. The first-order valence-electron chi connectivity index (χ1n) is 7.05. The Kier molecular flexibility index (Phi) is 4.19. The Hall–Kier alpha value is -2.00. The van der Waals surface area contributed by atoms with Gasteiger partial charge >= 0.3 is 0 Å². The lowest BCUT2D eigenvalue weighted by Gasteiger charge is -2.26. The number of rotatable bonds is 5. The van der Waals surface area contributed by atoms with Crippen LogP contribution in [0.25, 0.3) is 0 Å². The minimum Gasteiger partial charge on any atom is -0.486 e. The van der Waals surface area contributed by atoms with Gasteiger partial charge in [-0.25, -0.2) is 0 Å². The molecule has 0 aliphatic carbocycles. The van der Waals surface area contributed by atoms with E-state index in [2.05, 4.69) is 29.6 Å². The average molecular weight is 269 g/mol. The zero-order chi connectivity index (χ0) is 13.6. The van der Waals surface area contributed by atoms with Crippen LogP contribution >= 0.6 is 0 Å². The molecule has 0 fully saturated rings. The van der Waals surface area contributed by atoms with Crippen LogP contribution < -0.4 is 14.8 Å². The predicted octanol–water partition coefficient (Wildman–Crippen LogP) is 2.66. The molecule has 104 valence electrons. The molecule has 1 N–H and O–H groups in total. The standard InChI is InChI=1S/C17H19NO2/c1-2-6-14(7-3-1)10-11-18-12-15-13-19-16-8-4-5-9-17(16)20-15/h1-9,15,18H,10-13H2/t15-/m0/s1. The molecule has 1 heterocycles. The van der Waals surface area contributed by atoms with E-state index in [0.29, 0.717) is 6.61 Å². The normalized spacial score (nSPS) is 16.9. The third-order valence-corrected chi connectivity index (χ3v) is 3.37. The van der Waals surface area contributed by atoms with Gasteiger partial charge in [0.2, 0.25) is 0 Å². The van der Waals surface area contributed by atoms with Crippen molar-refractivity contribution in [2.75, 3.05) is 19.7 Å². The maximum Gasteiger partial charge on any atom is 0.161 e. The molecule has 1 aliphatic heterocycles. The van der Waals surface area contributed by atoms with Gasteiger partial charge in [0.05, 0.1) is 0 Å². The lowest BCUT2D eigenvalue weighted by Crippen LogP contribution is -2.39. The summed E-state index contributed by atoms with van der Waals surface area (Å²) in [5, 5.41) is 3.43. The van der Waals surface area contributed by atoms with Gasteiger partial charge in [-0.2, -0.15) is 0 Å². The number of para-hydroxylation sites is 2. The van der Waals surface area contributed by atoms with Crippen LogP contribution in [0, 0.1) is 0 Å². The van der Waals surface area contributed by atoms with Crippen molar-refractivity contribution < 1.29 is 9.47 Å². The summed E-state index contributed by atoms with van der Waals surface area (Å²) in [4.78, 5) is 0. The van der Waals surface area contributed by atoms with E-state index in [1.165, 1.54) is 5.56 Å². The van der Waals surface area contributed by atoms with Gasteiger partial charge < -0.3 is 14.8 Å². The number of benzene rings is 2. The third kappa shape index (κ3) is 3.31. The molecule has 1 atom stereocenters. The van der Waals surface area contributed by atoms with E-state index in [9.17, 15) is 0 Å². The lowest BCUT2D eigenvalue weighted by atomic mass is 10.1. The number of ether oxygens (including phenoxy) is 2. The Labute approximate surface area is 119 Å². The van der Waals surface area contributed by atoms with E-state index >= 15 is 0 Å². The van der Waals surface area contributed by atoms with Crippen LogP contribution in [-0.4, -0.2) is 25.8 Å². The molecule has 20 heavy (non-hydrogen) atoms. The highest BCUT2D eigenvalue weighted by Crippen LogP contribution is 2.30.